The molecule has 1 aliphatic heterocycles. The van der Waals surface area contributed by atoms with Crippen LogP contribution < -0.4 is 10.6 Å². The lowest BCUT2D eigenvalue weighted by Gasteiger charge is -2.34. The number of hydrogen-bond acceptors (Lipinski definition) is 6. The molecule has 0 radical (unpaired) electrons. The summed E-state index contributed by atoms with van der Waals surface area (Å²) in [6, 6.07) is 5.99. The number of rotatable bonds is 9. The molecule has 2 aromatic rings. The number of piperidine rings is 1. The van der Waals surface area contributed by atoms with Crippen molar-refractivity contribution in [2.75, 3.05) is 23.7 Å². The van der Waals surface area contributed by atoms with Gasteiger partial charge in [0.05, 0.1) is 5.56 Å². The van der Waals surface area contributed by atoms with E-state index in [0.717, 1.165) is 64.5 Å². The molecule has 2 aliphatic rings. The third kappa shape index (κ3) is 8.62. The van der Waals surface area contributed by atoms with Crippen LogP contribution in [0, 0.1) is 18.7 Å². The van der Waals surface area contributed by atoms with E-state index in [-0.39, 0.29) is 17.2 Å². The maximum Gasteiger partial charge on any atom is 0.410 e. The van der Waals surface area contributed by atoms with Gasteiger partial charge in [-0.25, -0.2) is 14.2 Å². The Hall–Kier alpha value is -2.75. The van der Waals surface area contributed by atoms with Crippen LogP contribution in [0.4, 0.5) is 21.0 Å². The fourth-order valence-electron chi connectivity index (χ4n) is 5.06. The van der Waals surface area contributed by atoms with Crippen LogP contribution in [0.15, 0.2) is 28.7 Å². The first-order valence-electron chi connectivity index (χ1n) is 13.8. The Balaban J connectivity index is 1.26. The minimum atomic E-state index is -0.603. The van der Waals surface area contributed by atoms with E-state index in [4.69, 9.17) is 4.74 Å². The van der Waals surface area contributed by atoms with Crippen LogP contribution in [0.3, 0.4) is 0 Å². The Morgan fingerprint density at radius 3 is 2.67 bits per heavy atom. The summed E-state index contributed by atoms with van der Waals surface area (Å²) in [5, 5.41) is 6.20. The second-order valence-electron chi connectivity index (χ2n) is 11.9. The van der Waals surface area contributed by atoms with E-state index < -0.39 is 17.3 Å². The van der Waals surface area contributed by atoms with Crippen molar-refractivity contribution in [1.82, 2.24) is 14.9 Å². The van der Waals surface area contributed by atoms with Crippen molar-refractivity contribution in [2.45, 2.75) is 90.2 Å². The summed E-state index contributed by atoms with van der Waals surface area (Å²) in [5.41, 5.74) is 0.166. The summed E-state index contributed by atoms with van der Waals surface area (Å²) in [6.07, 6.45) is 8.35. The van der Waals surface area contributed by atoms with Gasteiger partial charge in [-0.05, 0) is 90.3 Å². The first-order valence-corrected chi connectivity index (χ1v) is 14.6. The number of amides is 2. The number of anilines is 2. The SMILES string of the molecule is Cc1cc(NC(=O)c2ccc(Br)cc2F)nc(NC2(CCCCC3CCCN(C(=O)OC(C)(C)C)C3)CC2)n1. The molecule has 212 valence electrons. The lowest BCUT2D eigenvalue weighted by Crippen LogP contribution is -2.42. The zero-order valence-electron chi connectivity index (χ0n) is 23.3. The Morgan fingerprint density at radius 1 is 1.21 bits per heavy atom. The van der Waals surface area contributed by atoms with Gasteiger partial charge < -0.3 is 20.3 Å². The highest BCUT2D eigenvalue weighted by Crippen LogP contribution is 2.43. The quantitative estimate of drug-likeness (QED) is 0.297. The lowest BCUT2D eigenvalue weighted by atomic mass is 9.92. The van der Waals surface area contributed by atoms with Crippen LogP contribution >= 0.6 is 15.9 Å². The van der Waals surface area contributed by atoms with Crippen LogP contribution in [0.1, 0.15) is 88.2 Å². The van der Waals surface area contributed by atoms with Gasteiger partial charge in [0.25, 0.3) is 5.91 Å². The second-order valence-corrected chi connectivity index (χ2v) is 12.8. The molecule has 1 atom stereocenters. The van der Waals surface area contributed by atoms with Gasteiger partial charge in [-0.1, -0.05) is 28.8 Å². The first-order chi connectivity index (χ1) is 18.4. The molecule has 0 spiro atoms. The second kappa shape index (κ2) is 12.2. The largest absolute Gasteiger partial charge is 0.444 e. The summed E-state index contributed by atoms with van der Waals surface area (Å²) in [7, 11) is 0. The number of aryl methyl sites for hydroxylation is 1. The van der Waals surface area contributed by atoms with E-state index in [1.165, 1.54) is 12.1 Å². The van der Waals surface area contributed by atoms with Crippen LogP contribution in [0.2, 0.25) is 0 Å². The van der Waals surface area contributed by atoms with Gasteiger partial charge in [0.15, 0.2) is 0 Å². The van der Waals surface area contributed by atoms with Crippen molar-refractivity contribution in [2.24, 2.45) is 5.92 Å². The molecular formula is C29H39BrFN5O3. The maximum absolute atomic E-state index is 14.2. The van der Waals surface area contributed by atoms with Crippen molar-refractivity contribution in [3.8, 4) is 0 Å². The summed E-state index contributed by atoms with van der Waals surface area (Å²) >= 11 is 3.20. The average molecular weight is 605 g/mol. The molecule has 8 nitrogen and oxygen atoms in total. The Morgan fingerprint density at radius 2 is 1.97 bits per heavy atom. The number of hydrogen-bond donors (Lipinski definition) is 2. The molecule has 2 heterocycles. The number of nitrogens with one attached hydrogen (secondary N) is 2. The van der Waals surface area contributed by atoms with Crippen LogP contribution in [-0.2, 0) is 4.74 Å². The average Bonchev–Trinajstić information content (AvgIpc) is 3.59. The van der Waals surface area contributed by atoms with Gasteiger partial charge in [-0.2, -0.15) is 4.98 Å². The number of aromatic nitrogens is 2. The van der Waals surface area contributed by atoms with Crippen molar-refractivity contribution < 1.29 is 18.7 Å². The lowest BCUT2D eigenvalue weighted by molar-refractivity contribution is 0.0160. The predicted molar refractivity (Wildman–Crippen MR) is 153 cm³/mol. The van der Waals surface area contributed by atoms with Crippen molar-refractivity contribution in [3.63, 3.8) is 0 Å². The smallest absolute Gasteiger partial charge is 0.410 e. The van der Waals surface area contributed by atoms with E-state index in [9.17, 15) is 14.0 Å². The minimum Gasteiger partial charge on any atom is -0.444 e. The van der Waals surface area contributed by atoms with Gasteiger partial charge >= 0.3 is 6.09 Å². The highest BCUT2D eigenvalue weighted by Gasteiger charge is 2.42. The predicted octanol–water partition coefficient (Wildman–Crippen LogP) is 7.09. The fourth-order valence-corrected chi connectivity index (χ4v) is 5.39. The summed E-state index contributed by atoms with van der Waals surface area (Å²) in [4.78, 5) is 35.9. The van der Waals surface area contributed by atoms with Gasteiger partial charge in [-0.15, -0.1) is 0 Å². The molecule has 4 rings (SSSR count). The summed E-state index contributed by atoms with van der Waals surface area (Å²) < 4.78 is 20.3. The fraction of sp³-hybridized carbons (Fsp3) is 0.586. The molecule has 10 heteroatoms. The van der Waals surface area contributed by atoms with Crippen LogP contribution in [-0.4, -0.2) is 51.1 Å². The Labute approximate surface area is 238 Å². The summed E-state index contributed by atoms with van der Waals surface area (Å²) in [6.45, 7) is 9.09. The molecule has 2 N–H and O–H groups in total. The highest BCUT2D eigenvalue weighted by atomic mass is 79.9. The standard InChI is InChI=1S/C29H39BrFN5O3/c1-19-16-24(33-25(37)22-11-10-21(30)17-23(22)31)34-26(32-19)35-29(13-14-29)12-6-5-8-20-9-7-15-36(18-20)27(38)39-28(2,3)4/h10-11,16-17,20H,5-9,12-15,18H2,1-4H3,(H2,32,33,34,35,37). The number of carbonyl (C=O) groups excluding carboxylic acids is 2. The van der Waals surface area contributed by atoms with Gasteiger partial charge in [0.1, 0.15) is 17.2 Å². The zero-order valence-corrected chi connectivity index (χ0v) is 24.9. The van der Waals surface area contributed by atoms with Gasteiger partial charge in [0, 0.05) is 34.9 Å². The molecule has 1 saturated carbocycles. The number of ether oxygens (including phenoxy) is 1. The molecule has 0 bridgehead atoms. The Kier molecular flexibility index (Phi) is 9.14. The first kappa shape index (κ1) is 29.2. The molecule has 1 saturated heterocycles. The topological polar surface area (TPSA) is 96.5 Å². The highest BCUT2D eigenvalue weighted by molar-refractivity contribution is 9.10. The third-order valence-corrected chi connectivity index (χ3v) is 7.68. The van der Waals surface area contributed by atoms with Crippen LogP contribution in [0.5, 0.6) is 0 Å². The Bertz CT molecular complexity index is 1200. The maximum atomic E-state index is 14.2. The van der Waals surface area contributed by atoms with E-state index >= 15 is 0 Å². The minimum absolute atomic E-state index is 0.0258. The van der Waals surface area contributed by atoms with E-state index in [2.05, 4.69) is 36.5 Å². The summed E-state index contributed by atoms with van der Waals surface area (Å²) in [5.74, 6) is 0.155. The van der Waals surface area contributed by atoms with Crippen molar-refractivity contribution in [1.29, 1.82) is 0 Å². The van der Waals surface area contributed by atoms with E-state index in [1.807, 2.05) is 32.6 Å². The molecule has 2 fully saturated rings. The number of unbranched alkanes of at least 4 members (excludes halogenated alkanes) is 1. The molecule has 39 heavy (non-hydrogen) atoms. The molecular weight excluding hydrogens is 565 g/mol. The monoisotopic (exact) mass is 603 g/mol. The zero-order chi connectivity index (χ0) is 28.2. The number of likely N-dealkylation sites (tertiary alicyclic amines) is 1. The molecule has 1 aliphatic carbocycles. The molecule has 2 amide bonds. The number of halogens is 2. The third-order valence-electron chi connectivity index (χ3n) is 7.19. The van der Waals surface area contributed by atoms with Crippen molar-refractivity contribution >= 4 is 39.7 Å². The molecule has 1 unspecified atom stereocenters. The number of nitrogens with zero attached hydrogens (tertiary/aromatic N) is 3. The molecule has 1 aromatic heterocycles. The molecule has 1 aromatic carbocycles. The van der Waals surface area contributed by atoms with Gasteiger partial charge in [0.2, 0.25) is 5.95 Å². The normalized spacial score (nSPS) is 18.4. The van der Waals surface area contributed by atoms with E-state index in [0.29, 0.717) is 27.9 Å². The number of benzene rings is 1. The van der Waals surface area contributed by atoms with Gasteiger partial charge in [-0.3, -0.25) is 4.79 Å². The van der Waals surface area contributed by atoms with E-state index in [1.54, 1.807) is 12.1 Å². The van der Waals surface area contributed by atoms with Crippen molar-refractivity contribution in [3.05, 3.63) is 45.8 Å². The number of carbonyl (C=O) groups is 2. The van der Waals surface area contributed by atoms with Crippen LogP contribution in [0.25, 0.3) is 0 Å².